The van der Waals surface area contributed by atoms with Crippen molar-refractivity contribution in [1.82, 2.24) is 9.78 Å². The Bertz CT molecular complexity index is 1240. The number of para-hydroxylation sites is 1. The molecule has 0 aliphatic heterocycles. The highest BCUT2D eigenvalue weighted by Crippen LogP contribution is 2.29. The lowest BCUT2D eigenvalue weighted by molar-refractivity contribution is -0.112. The van der Waals surface area contributed by atoms with Gasteiger partial charge in [-0.25, -0.2) is 4.68 Å². The molecule has 0 spiro atoms. The van der Waals surface area contributed by atoms with Crippen molar-refractivity contribution >= 4 is 40.6 Å². The Morgan fingerprint density at radius 1 is 1.10 bits per heavy atom. The molecule has 2 aromatic carbocycles. The van der Waals surface area contributed by atoms with E-state index >= 15 is 0 Å². The standard InChI is InChI=1S/C23H15ClN4OS/c24-18-8-10-19(11-9-18)26-23(29)16(14-25)13-17-15-28(20-5-2-1-3-6-20)27-22(17)21-7-4-12-30-21/h1-13,15H,(H,26,29)/b16-13-. The van der Waals surface area contributed by atoms with Crippen molar-refractivity contribution in [3.63, 3.8) is 0 Å². The van der Waals surface area contributed by atoms with Crippen molar-refractivity contribution in [3.05, 3.63) is 94.5 Å². The Balaban J connectivity index is 1.71. The summed E-state index contributed by atoms with van der Waals surface area (Å²) in [5.74, 6) is -0.496. The molecule has 30 heavy (non-hydrogen) atoms. The van der Waals surface area contributed by atoms with Gasteiger partial charge in [-0.05, 0) is 53.9 Å². The quantitative estimate of drug-likeness (QED) is 0.321. The van der Waals surface area contributed by atoms with Gasteiger partial charge in [0, 0.05) is 22.5 Å². The third-order valence-corrected chi connectivity index (χ3v) is 5.41. The Morgan fingerprint density at radius 2 is 1.87 bits per heavy atom. The van der Waals surface area contributed by atoms with Gasteiger partial charge in [-0.3, -0.25) is 4.79 Å². The predicted molar refractivity (Wildman–Crippen MR) is 121 cm³/mol. The number of nitrogens with one attached hydrogen (secondary N) is 1. The summed E-state index contributed by atoms with van der Waals surface area (Å²) in [5.41, 5.74) is 2.82. The van der Waals surface area contributed by atoms with Crippen LogP contribution in [0.2, 0.25) is 5.02 Å². The molecular formula is C23H15ClN4OS. The number of carbonyl (C=O) groups excluding carboxylic acids is 1. The minimum absolute atomic E-state index is 0.0182. The summed E-state index contributed by atoms with van der Waals surface area (Å²) < 4.78 is 1.74. The first-order valence-electron chi connectivity index (χ1n) is 9.02. The lowest BCUT2D eigenvalue weighted by Gasteiger charge is -2.04. The zero-order valence-corrected chi connectivity index (χ0v) is 17.2. The van der Waals surface area contributed by atoms with Crippen LogP contribution in [0, 0.1) is 11.3 Å². The number of nitriles is 1. The van der Waals surface area contributed by atoms with E-state index < -0.39 is 5.91 Å². The molecule has 0 aliphatic carbocycles. The van der Waals surface area contributed by atoms with Crippen LogP contribution in [0.1, 0.15) is 5.56 Å². The van der Waals surface area contributed by atoms with Gasteiger partial charge in [0.2, 0.25) is 0 Å². The first-order valence-corrected chi connectivity index (χ1v) is 10.3. The van der Waals surface area contributed by atoms with E-state index in [0.717, 1.165) is 10.6 Å². The molecule has 2 heterocycles. The van der Waals surface area contributed by atoms with E-state index in [4.69, 9.17) is 16.7 Å². The summed E-state index contributed by atoms with van der Waals surface area (Å²) in [7, 11) is 0. The molecule has 146 valence electrons. The van der Waals surface area contributed by atoms with Gasteiger partial charge in [0.05, 0.1) is 10.6 Å². The van der Waals surface area contributed by atoms with Crippen LogP contribution in [0.15, 0.2) is 83.9 Å². The molecule has 0 saturated carbocycles. The molecule has 0 aliphatic rings. The van der Waals surface area contributed by atoms with Crippen LogP contribution < -0.4 is 5.32 Å². The lowest BCUT2D eigenvalue weighted by Crippen LogP contribution is -2.13. The van der Waals surface area contributed by atoms with E-state index in [-0.39, 0.29) is 5.57 Å². The van der Waals surface area contributed by atoms with Crippen LogP contribution in [-0.2, 0) is 4.79 Å². The van der Waals surface area contributed by atoms with E-state index in [1.54, 1.807) is 46.4 Å². The third kappa shape index (κ3) is 4.33. The molecule has 0 fully saturated rings. The van der Waals surface area contributed by atoms with Crippen LogP contribution in [0.4, 0.5) is 5.69 Å². The Labute approximate surface area is 182 Å². The summed E-state index contributed by atoms with van der Waals surface area (Å²) in [6, 6.07) is 22.3. The number of amides is 1. The number of hydrogen-bond donors (Lipinski definition) is 1. The number of halogens is 1. The van der Waals surface area contributed by atoms with Crippen molar-refractivity contribution in [2.45, 2.75) is 0 Å². The van der Waals surface area contributed by atoms with Gasteiger partial charge in [0.15, 0.2) is 0 Å². The maximum Gasteiger partial charge on any atom is 0.266 e. The van der Waals surface area contributed by atoms with Crippen LogP contribution >= 0.6 is 22.9 Å². The molecular weight excluding hydrogens is 416 g/mol. The minimum atomic E-state index is -0.496. The molecule has 2 aromatic heterocycles. The summed E-state index contributed by atoms with van der Waals surface area (Å²) >= 11 is 7.42. The maximum absolute atomic E-state index is 12.6. The number of hydrogen-bond acceptors (Lipinski definition) is 4. The third-order valence-electron chi connectivity index (χ3n) is 4.28. The van der Waals surface area contributed by atoms with Crippen LogP contribution in [0.25, 0.3) is 22.3 Å². The van der Waals surface area contributed by atoms with Crippen LogP contribution in [0.3, 0.4) is 0 Å². The van der Waals surface area contributed by atoms with Gasteiger partial charge in [-0.15, -0.1) is 11.3 Å². The second-order valence-electron chi connectivity index (χ2n) is 6.32. The topological polar surface area (TPSA) is 70.7 Å². The van der Waals surface area contributed by atoms with Gasteiger partial charge in [0.25, 0.3) is 5.91 Å². The van der Waals surface area contributed by atoms with Crippen molar-refractivity contribution in [2.75, 3.05) is 5.32 Å². The van der Waals surface area contributed by atoms with Crippen LogP contribution in [0.5, 0.6) is 0 Å². The highest BCUT2D eigenvalue weighted by Gasteiger charge is 2.16. The zero-order chi connectivity index (χ0) is 20.9. The first-order chi connectivity index (χ1) is 14.6. The van der Waals surface area contributed by atoms with Gasteiger partial charge in [-0.1, -0.05) is 35.9 Å². The maximum atomic E-state index is 12.6. The fraction of sp³-hybridized carbons (Fsp3) is 0. The number of carbonyl (C=O) groups is 1. The first kappa shape index (κ1) is 19.6. The molecule has 0 saturated heterocycles. The number of rotatable bonds is 5. The van der Waals surface area contributed by atoms with E-state index in [1.165, 1.54) is 0 Å². The summed E-state index contributed by atoms with van der Waals surface area (Å²) in [6.45, 7) is 0. The summed E-state index contributed by atoms with van der Waals surface area (Å²) in [4.78, 5) is 13.6. The highest BCUT2D eigenvalue weighted by molar-refractivity contribution is 7.13. The molecule has 1 amide bonds. The largest absolute Gasteiger partial charge is 0.321 e. The Morgan fingerprint density at radius 3 is 2.53 bits per heavy atom. The molecule has 0 radical (unpaired) electrons. The second kappa shape index (κ2) is 8.78. The number of nitrogens with zero attached hydrogens (tertiary/aromatic N) is 3. The van der Waals surface area contributed by atoms with E-state index in [9.17, 15) is 10.1 Å². The molecule has 5 nitrogen and oxygen atoms in total. The monoisotopic (exact) mass is 430 g/mol. The number of benzene rings is 2. The van der Waals surface area contributed by atoms with Crippen molar-refractivity contribution < 1.29 is 4.79 Å². The molecule has 0 bridgehead atoms. The average molecular weight is 431 g/mol. The fourth-order valence-electron chi connectivity index (χ4n) is 2.85. The fourth-order valence-corrected chi connectivity index (χ4v) is 3.70. The summed E-state index contributed by atoms with van der Waals surface area (Å²) in [6.07, 6.45) is 3.38. The Kier molecular flexibility index (Phi) is 5.75. The molecule has 4 rings (SSSR count). The minimum Gasteiger partial charge on any atom is -0.321 e. The normalized spacial score (nSPS) is 11.1. The van der Waals surface area contributed by atoms with Crippen molar-refractivity contribution in [1.29, 1.82) is 5.26 Å². The number of anilines is 1. The Hall–Kier alpha value is -3.66. The van der Waals surface area contributed by atoms with Crippen molar-refractivity contribution in [2.24, 2.45) is 0 Å². The lowest BCUT2D eigenvalue weighted by atomic mass is 10.1. The number of aromatic nitrogens is 2. The molecule has 4 aromatic rings. The molecule has 0 unspecified atom stereocenters. The van der Waals surface area contributed by atoms with Gasteiger partial charge in [-0.2, -0.15) is 10.4 Å². The van der Waals surface area contributed by atoms with Gasteiger partial charge >= 0.3 is 0 Å². The molecule has 7 heteroatoms. The SMILES string of the molecule is N#C/C(=C/c1cn(-c2ccccc2)nc1-c1cccs1)C(=O)Nc1ccc(Cl)cc1. The van der Waals surface area contributed by atoms with Gasteiger partial charge in [0.1, 0.15) is 17.3 Å². The number of thiophene rings is 1. The van der Waals surface area contributed by atoms with Gasteiger partial charge < -0.3 is 5.32 Å². The highest BCUT2D eigenvalue weighted by atomic mass is 35.5. The van der Waals surface area contributed by atoms with E-state index in [1.807, 2.05) is 60.1 Å². The van der Waals surface area contributed by atoms with Crippen LogP contribution in [-0.4, -0.2) is 15.7 Å². The smallest absolute Gasteiger partial charge is 0.266 e. The van der Waals surface area contributed by atoms with Crippen molar-refractivity contribution in [3.8, 4) is 22.3 Å². The van der Waals surface area contributed by atoms with E-state index in [0.29, 0.717) is 22.0 Å². The predicted octanol–water partition coefficient (Wildman–Crippen LogP) is 5.80. The summed E-state index contributed by atoms with van der Waals surface area (Å²) in [5, 5.41) is 19.5. The average Bonchev–Trinajstić information content (AvgIpc) is 3.44. The van der Waals surface area contributed by atoms with E-state index in [2.05, 4.69) is 5.32 Å². The second-order valence-corrected chi connectivity index (χ2v) is 7.71. The zero-order valence-electron chi connectivity index (χ0n) is 15.6. The molecule has 1 N–H and O–H groups in total. The molecule has 0 atom stereocenters.